The van der Waals surface area contributed by atoms with E-state index in [9.17, 15) is 4.79 Å². The fourth-order valence-corrected chi connectivity index (χ4v) is 1.24. The van der Waals surface area contributed by atoms with Crippen LogP contribution in [0.15, 0.2) is 18.5 Å². The van der Waals surface area contributed by atoms with Crippen LogP contribution in [0.3, 0.4) is 0 Å². The number of halogens is 1. The number of nitrogens with zero attached hydrogens (tertiary/aromatic N) is 2. The minimum atomic E-state index is 0.175. The maximum atomic E-state index is 10.7. The lowest BCUT2D eigenvalue weighted by atomic mass is 10.3. The van der Waals surface area contributed by atoms with Crippen LogP contribution in [0.25, 0.3) is 0 Å². The molecule has 0 atom stereocenters. The highest BCUT2D eigenvalue weighted by Gasteiger charge is 2.07. The van der Waals surface area contributed by atoms with E-state index in [1.54, 1.807) is 0 Å². The zero-order valence-corrected chi connectivity index (χ0v) is 9.16. The van der Waals surface area contributed by atoms with Gasteiger partial charge in [0.25, 0.3) is 0 Å². The normalized spacial score (nSPS) is 10.5. The van der Waals surface area contributed by atoms with E-state index in [0.717, 1.165) is 6.42 Å². The summed E-state index contributed by atoms with van der Waals surface area (Å²) in [5.41, 5.74) is 0.305. The van der Waals surface area contributed by atoms with Crippen molar-refractivity contribution in [3.05, 3.63) is 29.2 Å². The maximum Gasteiger partial charge on any atom is 0.156 e. The summed E-state index contributed by atoms with van der Waals surface area (Å²) < 4.78 is 0. The molecule has 0 unspecified atom stereocenters. The smallest absolute Gasteiger partial charge is 0.156 e. The Morgan fingerprint density at radius 3 is 3.00 bits per heavy atom. The molecular formula is C10H12ClN3O. The Morgan fingerprint density at radius 2 is 2.33 bits per heavy atom. The van der Waals surface area contributed by atoms with Crippen LogP contribution in [-0.4, -0.2) is 22.8 Å². The van der Waals surface area contributed by atoms with Gasteiger partial charge in [-0.05, 0) is 13.3 Å². The van der Waals surface area contributed by atoms with Crippen LogP contribution in [0.1, 0.15) is 23.7 Å². The van der Waals surface area contributed by atoms with Crippen molar-refractivity contribution in [3.63, 3.8) is 0 Å². The Balaban J connectivity index is 2.67. The van der Waals surface area contributed by atoms with Gasteiger partial charge in [-0.25, -0.2) is 9.97 Å². The Morgan fingerprint density at radius 1 is 1.53 bits per heavy atom. The molecule has 0 saturated heterocycles. The van der Waals surface area contributed by atoms with Crippen LogP contribution in [0.2, 0.25) is 5.15 Å². The van der Waals surface area contributed by atoms with Gasteiger partial charge in [-0.1, -0.05) is 23.8 Å². The number of rotatable bonds is 5. The average Bonchev–Trinajstić information content (AvgIpc) is 2.24. The Hall–Kier alpha value is -1.42. The van der Waals surface area contributed by atoms with E-state index in [0.29, 0.717) is 24.2 Å². The van der Waals surface area contributed by atoms with E-state index < -0.39 is 0 Å². The van der Waals surface area contributed by atoms with Crippen LogP contribution in [0.4, 0.5) is 5.82 Å². The first-order chi connectivity index (χ1) is 7.29. The molecule has 0 bridgehead atoms. The van der Waals surface area contributed by atoms with Crippen LogP contribution in [0, 0.1) is 0 Å². The first-order valence-electron chi connectivity index (χ1n) is 4.60. The Bertz CT molecular complexity index is 366. The highest BCUT2D eigenvalue weighted by atomic mass is 35.5. The molecule has 0 fully saturated rings. The highest BCUT2D eigenvalue weighted by Crippen LogP contribution is 2.16. The standard InChI is InChI=1S/C10H12ClN3O/c1-2-3-4-5-12-10-8(6-15)9(11)13-7-14-10/h2-3,6-7H,4-5H2,1H3,(H,12,13,14)/b3-2+. The van der Waals surface area contributed by atoms with Crippen molar-refractivity contribution in [2.75, 3.05) is 11.9 Å². The molecular weight excluding hydrogens is 214 g/mol. The molecule has 0 aromatic carbocycles. The van der Waals surface area contributed by atoms with Gasteiger partial charge in [0.1, 0.15) is 17.3 Å². The average molecular weight is 226 g/mol. The number of carbonyl (C=O) groups excluding carboxylic acids is 1. The molecule has 1 aromatic heterocycles. The summed E-state index contributed by atoms with van der Waals surface area (Å²) in [5, 5.41) is 3.20. The predicted molar refractivity (Wildman–Crippen MR) is 60.4 cm³/mol. The van der Waals surface area contributed by atoms with Crippen molar-refractivity contribution in [2.45, 2.75) is 13.3 Å². The van der Waals surface area contributed by atoms with E-state index >= 15 is 0 Å². The number of allylic oxidation sites excluding steroid dienone is 1. The molecule has 0 amide bonds. The van der Waals surface area contributed by atoms with Gasteiger partial charge < -0.3 is 5.32 Å². The van der Waals surface area contributed by atoms with Crippen LogP contribution >= 0.6 is 11.6 Å². The second-order valence-electron chi connectivity index (χ2n) is 2.83. The largest absolute Gasteiger partial charge is 0.369 e. The zero-order valence-electron chi connectivity index (χ0n) is 8.40. The number of carbonyl (C=O) groups is 1. The molecule has 4 nitrogen and oxygen atoms in total. The summed E-state index contributed by atoms with van der Waals surface area (Å²) >= 11 is 5.73. The topological polar surface area (TPSA) is 54.9 Å². The highest BCUT2D eigenvalue weighted by molar-refractivity contribution is 6.32. The number of aldehydes is 1. The number of anilines is 1. The lowest BCUT2D eigenvalue weighted by molar-refractivity contribution is 0.112. The van der Waals surface area contributed by atoms with Crippen molar-refractivity contribution in [2.24, 2.45) is 0 Å². The van der Waals surface area contributed by atoms with Crippen molar-refractivity contribution >= 4 is 23.7 Å². The lowest BCUT2D eigenvalue weighted by Crippen LogP contribution is -2.06. The van der Waals surface area contributed by atoms with Crippen LogP contribution < -0.4 is 5.32 Å². The molecule has 0 aliphatic heterocycles. The van der Waals surface area contributed by atoms with E-state index in [2.05, 4.69) is 15.3 Å². The lowest BCUT2D eigenvalue weighted by Gasteiger charge is -2.06. The SMILES string of the molecule is C/C=C/CCNc1ncnc(Cl)c1C=O. The first kappa shape index (κ1) is 11.7. The molecule has 1 heterocycles. The molecule has 1 N–H and O–H groups in total. The molecule has 0 spiro atoms. The molecule has 80 valence electrons. The van der Waals surface area contributed by atoms with Crippen molar-refractivity contribution < 1.29 is 4.79 Å². The molecule has 5 heteroatoms. The second kappa shape index (κ2) is 6.14. The molecule has 0 aliphatic carbocycles. The maximum absolute atomic E-state index is 10.7. The molecule has 0 radical (unpaired) electrons. The van der Waals surface area contributed by atoms with E-state index in [-0.39, 0.29) is 5.15 Å². The molecule has 1 rings (SSSR count). The minimum Gasteiger partial charge on any atom is -0.369 e. The van der Waals surface area contributed by atoms with Gasteiger partial charge in [-0.2, -0.15) is 0 Å². The van der Waals surface area contributed by atoms with Gasteiger partial charge in [-0.15, -0.1) is 0 Å². The van der Waals surface area contributed by atoms with Gasteiger partial charge in [0.15, 0.2) is 6.29 Å². The second-order valence-corrected chi connectivity index (χ2v) is 3.19. The molecule has 0 aliphatic rings. The third kappa shape index (κ3) is 3.32. The van der Waals surface area contributed by atoms with Crippen LogP contribution in [-0.2, 0) is 0 Å². The van der Waals surface area contributed by atoms with Crippen molar-refractivity contribution in [1.29, 1.82) is 0 Å². The van der Waals surface area contributed by atoms with Gasteiger partial charge in [0.05, 0.1) is 5.56 Å². The van der Waals surface area contributed by atoms with Crippen LogP contribution in [0.5, 0.6) is 0 Å². The van der Waals surface area contributed by atoms with Gasteiger partial charge in [-0.3, -0.25) is 4.79 Å². The Kier molecular flexibility index (Phi) is 4.77. The number of aromatic nitrogens is 2. The van der Waals surface area contributed by atoms with E-state index in [4.69, 9.17) is 11.6 Å². The number of hydrogen-bond acceptors (Lipinski definition) is 4. The van der Waals surface area contributed by atoms with Gasteiger partial charge >= 0.3 is 0 Å². The zero-order chi connectivity index (χ0) is 11.1. The molecule has 1 aromatic rings. The summed E-state index contributed by atoms with van der Waals surface area (Å²) in [7, 11) is 0. The summed E-state index contributed by atoms with van der Waals surface area (Å²) in [4.78, 5) is 18.4. The fraction of sp³-hybridized carbons (Fsp3) is 0.300. The molecule has 15 heavy (non-hydrogen) atoms. The third-order valence-corrected chi connectivity index (χ3v) is 2.09. The summed E-state index contributed by atoms with van der Waals surface area (Å²) in [6.07, 6.45) is 6.84. The van der Waals surface area contributed by atoms with Crippen molar-refractivity contribution in [1.82, 2.24) is 9.97 Å². The number of hydrogen-bond donors (Lipinski definition) is 1. The van der Waals surface area contributed by atoms with Gasteiger partial charge in [0.2, 0.25) is 0 Å². The first-order valence-corrected chi connectivity index (χ1v) is 4.98. The number of nitrogens with one attached hydrogen (secondary N) is 1. The monoisotopic (exact) mass is 225 g/mol. The van der Waals surface area contributed by atoms with E-state index in [1.807, 2.05) is 19.1 Å². The van der Waals surface area contributed by atoms with Gasteiger partial charge in [0, 0.05) is 6.54 Å². The predicted octanol–water partition coefficient (Wildman–Crippen LogP) is 2.32. The summed E-state index contributed by atoms with van der Waals surface area (Å²) in [5.74, 6) is 0.481. The van der Waals surface area contributed by atoms with E-state index in [1.165, 1.54) is 6.33 Å². The third-order valence-electron chi connectivity index (χ3n) is 1.79. The summed E-state index contributed by atoms with van der Waals surface area (Å²) in [6.45, 7) is 2.66. The quantitative estimate of drug-likeness (QED) is 0.362. The molecule has 0 saturated carbocycles. The minimum absolute atomic E-state index is 0.175. The fourth-order valence-electron chi connectivity index (χ4n) is 1.06. The summed E-state index contributed by atoms with van der Waals surface area (Å²) in [6, 6.07) is 0. The Labute approximate surface area is 93.4 Å². The van der Waals surface area contributed by atoms with Crippen molar-refractivity contribution in [3.8, 4) is 0 Å².